The molecular formula is C17H29FN2. The van der Waals surface area contributed by atoms with Crippen molar-refractivity contribution in [1.29, 1.82) is 0 Å². The van der Waals surface area contributed by atoms with Gasteiger partial charge in [-0.1, -0.05) is 31.5 Å². The molecule has 2 nitrogen and oxygen atoms in total. The summed E-state index contributed by atoms with van der Waals surface area (Å²) < 4.78 is 13.8. The Morgan fingerprint density at radius 3 is 2.40 bits per heavy atom. The molecule has 0 spiro atoms. The Hall–Kier alpha value is -0.930. The van der Waals surface area contributed by atoms with Crippen LogP contribution in [0, 0.1) is 11.7 Å². The highest BCUT2D eigenvalue weighted by atomic mass is 19.1. The molecule has 0 saturated carbocycles. The van der Waals surface area contributed by atoms with E-state index in [2.05, 4.69) is 32.7 Å². The van der Waals surface area contributed by atoms with Gasteiger partial charge >= 0.3 is 0 Å². The highest BCUT2D eigenvalue weighted by Crippen LogP contribution is 2.23. The highest BCUT2D eigenvalue weighted by Gasteiger charge is 2.17. The molecule has 2 N–H and O–H groups in total. The summed E-state index contributed by atoms with van der Waals surface area (Å²) >= 11 is 0. The highest BCUT2D eigenvalue weighted by molar-refractivity contribution is 5.20. The molecule has 0 bridgehead atoms. The zero-order valence-electron chi connectivity index (χ0n) is 13.3. The van der Waals surface area contributed by atoms with Gasteiger partial charge in [-0.25, -0.2) is 4.39 Å². The number of nitrogens with two attached hydrogens (primary N) is 1. The van der Waals surface area contributed by atoms with Crippen LogP contribution < -0.4 is 5.73 Å². The van der Waals surface area contributed by atoms with Gasteiger partial charge in [-0.3, -0.25) is 4.90 Å². The Labute approximate surface area is 123 Å². The van der Waals surface area contributed by atoms with Crippen LogP contribution in [-0.4, -0.2) is 24.5 Å². The van der Waals surface area contributed by atoms with Crippen LogP contribution in [0.4, 0.5) is 4.39 Å². The minimum absolute atomic E-state index is 0.104. The first kappa shape index (κ1) is 17.1. The summed E-state index contributed by atoms with van der Waals surface area (Å²) in [5.74, 6) is 0.490. The lowest BCUT2D eigenvalue weighted by atomic mass is 10.00. The zero-order valence-corrected chi connectivity index (χ0v) is 13.3. The maximum atomic E-state index is 13.8. The summed E-state index contributed by atoms with van der Waals surface area (Å²) in [6.07, 6.45) is 3.42. The molecule has 1 aromatic rings. The van der Waals surface area contributed by atoms with E-state index in [9.17, 15) is 4.39 Å². The molecule has 1 aromatic carbocycles. The largest absolute Gasteiger partial charge is 0.328 e. The predicted molar refractivity (Wildman–Crippen MR) is 84.1 cm³/mol. The maximum absolute atomic E-state index is 13.8. The Morgan fingerprint density at radius 1 is 1.15 bits per heavy atom. The van der Waals surface area contributed by atoms with Crippen molar-refractivity contribution < 1.29 is 4.39 Å². The van der Waals surface area contributed by atoms with Crippen LogP contribution in [0.25, 0.3) is 0 Å². The molecule has 20 heavy (non-hydrogen) atoms. The van der Waals surface area contributed by atoms with Crippen molar-refractivity contribution in [2.24, 2.45) is 11.7 Å². The molecule has 1 rings (SSSR count). The second-order valence-electron chi connectivity index (χ2n) is 6.15. The molecule has 0 aliphatic rings. The van der Waals surface area contributed by atoms with Crippen molar-refractivity contribution >= 4 is 0 Å². The number of benzene rings is 1. The number of hydrogen-bond donors (Lipinski definition) is 1. The average molecular weight is 280 g/mol. The molecule has 3 heteroatoms. The fourth-order valence-corrected chi connectivity index (χ4v) is 2.58. The minimum atomic E-state index is -0.114. The summed E-state index contributed by atoms with van der Waals surface area (Å²) in [5, 5.41) is 0. The molecule has 0 saturated heterocycles. The number of nitrogens with zero attached hydrogens (tertiary/aromatic N) is 1. The third-order valence-corrected chi connectivity index (χ3v) is 3.97. The van der Waals surface area contributed by atoms with Gasteiger partial charge in [0, 0.05) is 24.2 Å². The fourth-order valence-electron chi connectivity index (χ4n) is 2.58. The summed E-state index contributed by atoms with van der Waals surface area (Å²) in [6.45, 7) is 7.35. The molecule has 0 aliphatic heterocycles. The van der Waals surface area contributed by atoms with Crippen LogP contribution in [0.1, 0.15) is 51.6 Å². The van der Waals surface area contributed by atoms with Crippen molar-refractivity contribution in [1.82, 2.24) is 4.90 Å². The van der Waals surface area contributed by atoms with E-state index in [4.69, 9.17) is 5.73 Å². The molecule has 3 unspecified atom stereocenters. The van der Waals surface area contributed by atoms with E-state index in [0.717, 1.165) is 18.5 Å². The van der Waals surface area contributed by atoms with E-state index in [1.165, 1.54) is 18.9 Å². The standard InChI is InChI=1S/C17H29FN2/c1-13(8-7-9-14(2)19)12-20(4)15(3)16-10-5-6-11-17(16)18/h5-6,10-11,13-15H,7-9,12,19H2,1-4H3. The SMILES string of the molecule is CC(N)CCCC(C)CN(C)C(C)c1ccccc1F. The molecule has 3 atom stereocenters. The number of rotatable bonds is 8. The van der Waals surface area contributed by atoms with E-state index < -0.39 is 0 Å². The first-order chi connectivity index (χ1) is 9.41. The first-order valence-electron chi connectivity index (χ1n) is 7.62. The van der Waals surface area contributed by atoms with Gasteiger partial charge < -0.3 is 5.73 Å². The van der Waals surface area contributed by atoms with Gasteiger partial charge in [-0.2, -0.15) is 0 Å². The molecule has 0 amide bonds. The van der Waals surface area contributed by atoms with Crippen molar-refractivity contribution in [3.63, 3.8) is 0 Å². The molecule has 0 aliphatic carbocycles. The van der Waals surface area contributed by atoms with E-state index in [-0.39, 0.29) is 17.9 Å². The van der Waals surface area contributed by atoms with Crippen LogP contribution in [-0.2, 0) is 0 Å². The summed E-state index contributed by atoms with van der Waals surface area (Å²) in [6, 6.07) is 7.43. The Bertz CT molecular complexity index is 392. The molecule has 0 heterocycles. The van der Waals surface area contributed by atoms with Crippen molar-refractivity contribution in [2.75, 3.05) is 13.6 Å². The normalized spacial score (nSPS) is 16.1. The second kappa shape index (κ2) is 8.38. The lowest BCUT2D eigenvalue weighted by Gasteiger charge is -2.28. The summed E-state index contributed by atoms with van der Waals surface area (Å²) in [5.41, 5.74) is 6.54. The Balaban J connectivity index is 2.45. The third-order valence-electron chi connectivity index (χ3n) is 3.97. The van der Waals surface area contributed by atoms with E-state index >= 15 is 0 Å². The maximum Gasteiger partial charge on any atom is 0.127 e. The van der Waals surface area contributed by atoms with Gasteiger partial charge in [0.15, 0.2) is 0 Å². The zero-order chi connectivity index (χ0) is 15.1. The molecule has 0 fully saturated rings. The van der Waals surface area contributed by atoms with E-state index in [0.29, 0.717) is 5.92 Å². The number of hydrogen-bond acceptors (Lipinski definition) is 2. The summed E-state index contributed by atoms with van der Waals surface area (Å²) in [7, 11) is 2.07. The van der Waals surface area contributed by atoms with Crippen LogP contribution in [0.5, 0.6) is 0 Å². The van der Waals surface area contributed by atoms with Crippen LogP contribution in [0.3, 0.4) is 0 Å². The second-order valence-corrected chi connectivity index (χ2v) is 6.15. The van der Waals surface area contributed by atoms with E-state index in [1.54, 1.807) is 6.07 Å². The third kappa shape index (κ3) is 5.59. The predicted octanol–water partition coefficient (Wildman–Crippen LogP) is 3.97. The molecule has 114 valence electrons. The lowest BCUT2D eigenvalue weighted by molar-refractivity contribution is 0.215. The summed E-state index contributed by atoms with van der Waals surface area (Å²) in [4.78, 5) is 2.23. The topological polar surface area (TPSA) is 29.3 Å². The van der Waals surface area contributed by atoms with Gasteiger partial charge in [-0.15, -0.1) is 0 Å². The number of halogens is 1. The van der Waals surface area contributed by atoms with Gasteiger partial charge in [0.25, 0.3) is 0 Å². The van der Waals surface area contributed by atoms with Crippen molar-refractivity contribution in [3.05, 3.63) is 35.6 Å². The van der Waals surface area contributed by atoms with Gasteiger partial charge in [0.05, 0.1) is 0 Å². The quantitative estimate of drug-likeness (QED) is 0.780. The fraction of sp³-hybridized carbons (Fsp3) is 0.647. The average Bonchev–Trinajstić information content (AvgIpc) is 2.38. The van der Waals surface area contributed by atoms with Crippen molar-refractivity contribution in [3.8, 4) is 0 Å². The van der Waals surface area contributed by atoms with Crippen LogP contribution in [0.2, 0.25) is 0 Å². The minimum Gasteiger partial charge on any atom is -0.328 e. The van der Waals surface area contributed by atoms with Gasteiger partial charge in [-0.05, 0) is 45.7 Å². The molecular weight excluding hydrogens is 251 g/mol. The van der Waals surface area contributed by atoms with Crippen LogP contribution in [0.15, 0.2) is 24.3 Å². The van der Waals surface area contributed by atoms with Crippen LogP contribution >= 0.6 is 0 Å². The van der Waals surface area contributed by atoms with E-state index in [1.807, 2.05) is 12.1 Å². The lowest BCUT2D eigenvalue weighted by Crippen LogP contribution is -2.28. The first-order valence-corrected chi connectivity index (χ1v) is 7.62. The van der Waals surface area contributed by atoms with Crippen molar-refractivity contribution in [2.45, 2.75) is 52.1 Å². The van der Waals surface area contributed by atoms with Gasteiger partial charge in [0.2, 0.25) is 0 Å². The molecule has 0 radical (unpaired) electrons. The molecule has 0 aromatic heterocycles. The monoisotopic (exact) mass is 280 g/mol. The Morgan fingerprint density at radius 2 is 1.80 bits per heavy atom. The smallest absolute Gasteiger partial charge is 0.127 e. The Kier molecular flexibility index (Phi) is 7.17. The van der Waals surface area contributed by atoms with Gasteiger partial charge in [0.1, 0.15) is 5.82 Å².